The van der Waals surface area contributed by atoms with Crippen LogP contribution >= 0.6 is 11.6 Å². The fraction of sp³-hybridized carbons (Fsp3) is 0.458. The zero-order valence-electron chi connectivity index (χ0n) is 19.8. The number of anilines is 3. The molecule has 0 unspecified atom stereocenters. The number of nitriles is 1. The molecule has 2 aliphatic rings. The molecule has 1 saturated heterocycles. The number of imidazole rings is 1. The minimum atomic E-state index is -1.19. The number of nitrogens with zero attached hydrogens (tertiary/aromatic N) is 5. The van der Waals surface area contributed by atoms with E-state index >= 15 is 0 Å². The molecule has 1 aliphatic heterocycles. The number of aromatic nitrogens is 4. The third kappa shape index (κ3) is 5.14. The van der Waals surface area contributed by atoms with Gasteiger partial charge < -0.3 is 21.1 Å². The van der Waals surface area contributed by atoms with Crippen LogP contribution in [0.2, 0.25) is 5.02 Å². The second-order valence-corrected chi connectivity index (χ2v) is 9.70. The Balaban J connectivity index is 1.53. The fourth-order valence-corrected chi connectivity index (χ4v) is 5.17. The number of ether oxygens (including phenoxy) is 1. The smallest absolute Gasteiger partial charge is 0.225 e. The predicted molar refractivity (Wildman–Crippen MR) is 133 cm³/mol. The molecule has 3 heterocycles. The Bertz CT molecular complexity index is 1350. The summed E-state index contributed by atoms with van der Waals surface area (Å²) in [6.45, 7) is 0.443. The maximum absolute atomic E-state index is 14.8. The number of alkyl halides is 1. The van der Waals surface area contributed by atoms with Gasteiger partial charge in [-0.25, -0.2) is 18.7 Å². The van der Waals surface area contributed by atoms with E-state index in [4.69, 9.17) is 27.3 Å². The van der Waals surface area contributed by atoms with E-state index in [0.29, 0.717) is 49.9 Å². The van der Waals surface area contributed by atoms with Gasteiger partial charge in [-0.1, -0.05) is 11.6 Å². The lowest BCUT2D eigenvalue weighted by Crippen LogP contribution is -2.39. The highest BCUT2D eigenvalue weighted by Gasteiger charge is 2.30. The molecular formula is C24H25ClF2N8O2. The van der Waals surface area contributed by atoms with Gasteiger partial charge in [0.05, 0.1) is 41.2 Å². The van der Waals surface area contributed by atoms with Crippen molar-refractivity contribution in [1.29, 1.82) is 5.26 Å². The normalized spacial score (nSPS) is 23.9. The summed E-state index contributed by atoms with van der Waals surface area (Å²) < 4.78 is 36.2. The molecule has 37 heavy (non-hydrogen) atoms. The minimum Gasteiger partial charge on any atom is -0.378 e. The van der Waals surface area contributed by atoms with Gasteiger partial charge in [0.15, 0.2) is 5.65 Å². The highest BCUT2D eigenvalue weighted by molar-refractivity contribution is 6.33. The third-order valence-corrected chi connectivity index (χ3v) is 7.20. The van der Waals surface area contributed by atoms with Crippen molar-refractivity contribution in [2.24, 2.45) is 11.7 Å². The molecule has 4 N–H and O–H groups in total. The first-order chi connectivity index (χ1) is 17.8. The van der Waals surface area contributed by atoms with Crippen LogP contribution in [-0.2, 0) is 9.53 Å². The molecule has 2 fully saturated rings. The molecule has 1 aliphatic carbocycles. The molecule has 2 atom stereocenters. The first-order valence-electron chi connectivity index (χ1n) is 12.0. The summed E-state index contributed by atoms with van der Waals surface area (Å²) in [6.07, 6.45) is 3.22. The number of benzene rings is 1. The molecule has 2 aromatic heterocycles. The van der Waals surface area contributed by atoms with Crippen molar-refractivity contribution in [3.63, 3.8) is 0 Å². The summed E-state index contributed by atoms with van der Waals surface area (Å²) in [5.74, 6) is -0.728. The molecule has 10 nitrogen and oxygen atoms in total. The average molecular weight is 531 g/mol. The molecule has 0 spiro atoms. The van der Waals surface area contributed by atoms with Crippen LogP contribution in [0.3, 0.4) is 0 Å². The number of hydrogen-bond acceptors (Lipinski definition) is 8. The number of amides is 1. The van der Waals surface area contributed by atoms with Gasteiger partial charge in [0, 0.05) is 18.6 Å². The van der Waals surface area contributed by atoms with E-state index in [-0.39, 0.29) is 52.6 Å². The molecule has 0 radical (unpaired) electrons. The number of primary amides is 1. The molecule has 5 rings (SSSR count). The molecule has 194 valence electrons. The van der Waals surface area contributed by atoms with Gasteiger partial charge in [0.25, 0.3) is 0 Å². The van der Waals surface area contributed by atoms with Crippen molar-refractivity contribution in [3.8, 4) is 6.07 Å². The number of carbonyl (C=O) groups excluding carboxylic acids is 1. The summed E-state index contributed by atoms with van der Waals surface area (Å²) in [4.78, 5) is 25.2. The van der Waals surface area contributed by atoms with Gasteiger partial charge in [-0.05, 0) is 44.2 Å². The first kappa shape index (κ1) is 25.1. The van der Waals surface area contributed by atoms with Crippen LogP contribution in [0, 0.1) is 23.1 Å². The fourth-order valence-electron chi connectivity index (χ4n) is 4.91. The molecule has 0 bridgehead atoms. The minimum absolute atomic E-state index is 0.00588. The molecule has 1 amide bonds. The maximum atomic E-state index is 14.8. The quantitative estimate of drug-likeness (QED) is 0.434. The molecular weight excluding hydrogens is 506 g/mol. The van der Waals surface area contributed by atoms with Gasteiger partial charge >= 0.3 is 0 Å². The van der Waals surface area contributed by atoms with Gasteiger partial charge in [-0.3, -0.25) is 9.36 Å². The Kier molecular flexibility index (Phi) is 7.08. The van der Waals surface area contributed by atoms with Gasteiger partial charge in [-0.15, -0.1) is 0 Å². The van der Waals surface area contributed by atoms with E-state index in [2.05, 4.69) is 25.6 Å². The van der Waals surface area contributed by atoms with Crippen molar-refractivity contribution in [3.05, 3.63) is 34.7 Å². The number of fused-ring (bicyclic) bond motifs is 1. The highest BCUT2D eigenvalue weighted by atomic mass is 35.5. The number of rotatable bonds is 6. The Labute approximate surface area is 216 Å². The number of nitrogens with one attached hydrogen (secondary N) is 2. The van der Waals surface area contributed by atoms with Crippen LogP contribution in [0.1, 0.15) is 43.7 Å². The number of nitrogens with two attached hydrogens (primary N) is 1. The summed E-state index contributed by atoms with van der Waals surface area (Å²) in [6, 6.07) is 3.71. The SMILES string of the molecule is N#Cc1cc(F)c(Nc2nc3cnc(N[C@@H]4CCOC[C@H]4F)nc3n2[C@H]2CC[C@@H](C(N)=O)CC2)c(Cl)c1. The van der Waals surface area contributed by atoms with Crippen LogP contribution in [0.5, 0.6) is 0 Å². The van der Waals surface area contributed by atoms with Crippen LogP contribution in [0.25, 0.3) is 11.2 Å². The second-order valence-electron chi connectivity index (χ2n) is 9.30. The van der Waals surface area contributed by atoms with E-state index in [1.54, 1.807) is 0 Å². The maximum Gasteiger partial charge on any atom is 0.225 e. The van der Waals surface area contributed by atoms with Crippen molar-refractivity contribution in [1.82, 2.24) is 19.5 Å². The Morgan fingerprint density at radius 2 is 2.03 bits per heavy atom. The van der Waals surface area contributed by atoms with Crippen LogP contribution in [-0.4, -0.2) is 50.9 Å². The van der Waals surface area contributed by atoms with Crippen LogP contribution < -0.4 is 16.4 Å². The van der Waals surface area contributed by atoms with Gasteiger partial charge in [-0.2, -0.15) is 10.2 Å². The molecule has 1 aromatic carbocycles. The van der Waals surface area contributed by atoms with Crippen molar-refractivity contribution >= 4 is 46.3 Å². The predicted octanol–water partition coefficient (Wildman–Crippen LogP) is 3.99. The van der Waals surface area contributed by atoms with Gasteiger partial charge in [0.2, 0.25) is 17.8 Å². The summed E-state index contributed by atoms with van der Waals surface area (Å²) in [7, 11) is 0. The standard InChI is InChI=1S/C24H25ClF2N8O2/c25-15-7-12(9-28)8-16(26)20(15)33-24-32-19-10-30-23(31-18-5-6-37-11-17(18)27)34-22(19)35(24)14-3-1-13(2-4-14)21(29)36/h7-8,10,13-14,17-18H,1-6,11H2,(H2,29,36)(H,32,33)(H,30,31,34)/t13-,14+,17-,18-/m1/s1. The molecule has 3 aromatic rings. The summed E-state index contributed by atoms with van der Waals surface area (Å²) in [5.41, 5.74) is 6.48. The lowest BCUT2D eigenvalue weighted by atomic mass is 9.85. The first-order valence-corrected chi connectivity index (χ1v) is 12.4. The number of hydrogen-bond donors (Lipinski definition) is 3. The van der Waals surface area contributed by atoms with E-state index in [1.165, 1.54) is 12.3 Å². The Morgan fingerprint density at radius 1 is 1.24 bits per heavy atom. The summed E-state index contributed by atoms with van der Waals surface area (Å²) in [5, 5.41) is 15.1. The average Bonchev–Trinajstić information content (AvgIpc) is 3.24. The van der Waals surface area contributed by atoms with E-state index < -0.39 is 18.0 Å². The molecule has 1 saturated carbocycles. The second kappa shape index (κ2) is 10.4. The monoisotopic (exact) mass is 530 g/mol. The largest absolute Gasteiger partial charge is 0.378 e. The lowest BCUT2D eigenvalue weighted by molar-refractivity contribution is -0.122. The third-order valence-electron chi connectivity index (χ3n) is 6.91. The summed E-state index contributed by atoms with van der Waals surface area (Å²) >= 11 is 6.28. The zero-order valence-corrected chi connectivity index (χ0v) is 20.5. The zero-order chi connectivity index (χ0) is 26.1. The highest BCUT2D eigenvalue weighted by Crippen LogP contribution is 2.38. The van der Waals surface area contributed by atoms with E-state index in [0.717, 1.165) is 6.07 Å². The van der Waals surface area contributed by atoms with E-state index in [1.807, 2.05) is 10.6 Å². The van der Waals surface area contributed by atoms with Crippen molar-refractivity contribution in [2.45, 2.75) is 50.4 Å². The van der Waals surface area contributed by atoms with Crippen LogP contribution in [0.4, 0.5) is 26.4 Å². The van der Waals surface area contributed by atoms with Crippen molar-refractivity contribution < 1.29 is 18.3 Å². The van der Waals surface area contributed by atoms with Gasteiger partial charge in [0.1, 0.15) is 17.5 Å². The van der Waals surface area contributed by atoms with Crippen LogP contribution in [0.15, 0.2) is 18.3 Å². The Morgan fingerprint density at radius 3 is 2.70 bits per heavy atom. The Hall–Kier alpha value is -3.56. The van der Waals surface area contributed by atoms with Crippen molar-refractivity contribution in [2.75, 3.05) is 23.8 Å². The molecule has 13 heteroatoms. The topological polar surface area (TPSA) is 144 Å². The van der Waals surface area contributed by atoms with E-state index in [9.17, 15) is 13.6 Å². The lowest BCUT2D eigenvalue weighted by Gasteiger charge is -2.29. The number of halogens is 3. The number of carbonyl (C=O) groups is 1.